The number of hydrogen-bond acceptors (Lipinski definition) is 7. The number of aromatic nitrogens is 2. The van der Waals surface area contributed by atoms with Crippen LogP contribution in [0.1, 0.15) is 19.3 Å². The van der Waals surface area contributed by atoms with Crippen LogP contribution >= 0.6 is 0 Å². The van der Waals surface area contributed by atoms with E-state index in [4.69, 9.17) is 9.15 Å². The molecule has 3 heterocycles. The molecule has 1 aromatic heterocycles. The molecule has 2 aliphatic rings. The molecule has 1 aromatic carbocycles. The highest BCUT2D eigenvalue weighted by Crippen LogP contribution is 2.27. The number of hydrogen-bond donors (Lipinski definition) is 0. The van der Waals surface area contributed by atoms with Gasteiger partial charge in [0, 0.05) is 44.2 Å². The summed E-state index contributed by atoms with van der Waals surface area (Å²) in [5.41, 5.74) is 0.862. The quantitative estimate of drug-likeness (QED) is 0.780. The number of carbonyl (C=O) groups excluding carboxylic acids is 1. The fourth-order valence-electron chi connectivity index (χ4n) is 4.04. The second-order valence-corrected chi connectivity index (χ2v) is 7.86. The summed E-state index contributed by atoms with van der Waals surface area (Å²) >= 11 is 0. The zero-order valence-corrected chi connectivity index (χ0v) is 17.2. The molecule has 1 amide bonds. The van der Waals surface area contributed by atoms with E-state index >= 15 is 0 Å². The summed E-state index contributed by atoms with van der Waals surface area (Å²) < 4.78 is 11.1. The zero-order valence-electron chi connectivity index (χ0n) is 17.2. The van der Waals surface area contributed by atoms with Crippen molar-refractivity contribution in [3.63, 3.8) is 0 Å². The Morgan fingerprint density at radius 2 is 1.79 bits per heavy atom. The van der Waals surface area contributed by atoms with Crippen molar-refractivity contribution in [1.29, 1.82) is 0 Å². The van der Waals surface area contributed by atoms with Crippen LogP contribution in [0.2, 0.25) is 0 Å². The van der Waals surface area contributed by atoms with Crippen molar-refractivity contribution in [2.24, 2.45) is 5.92 Å². The second kappa shape index (κ2) is 8.82. The van der Waals surface area contributed by atoms with Crippen LogP contribution in [0.15, 0.2) is 28.7 Å². The summed E-state index contributed by atoms with van der Waals surface area (Å²) in [6.07, 6.45) is 2.70. The Hall–Kier alpha value is -2.61. The number of carbonyl (C=O) groups is 1. The van der Waals surface area contributed by atoms with Crippen LogP contribution in [0.4, 0.5) is 6.01 Å². The first-order chi connectivity index (χ1) is 14.1. The number of methoxy groups -OCH3 is 1. The largest absolute Gasteiger partial charge is 0.497 e. The SMILES string of the molecule is COc1ccc(-c2nnc(N3CCC(C(=O)N4CCCN(C)CC4)CC3)o2)cc1. The molecule has 8 heteroatoms. The lowest BCUT2D eigenvalue weighted by molar-refractivity contribution is -0.136. The molecule has 2 aliphatic heterocycles. The summed E-state index contributed by atoms with van der Waals surface area (Å²) in [7, 11) is 3.76. The van der Waals surface area contributed by atoms with Gasteiger partial charge in [0.15, 0.2) is 0 Å². The highest BCUT2D eigenvalue weighted by atomic mass is 16.5. The van der Waals surface area contributed by atoms with E-state index in [1.807, 2.05) is 24.3 Å². The smallest absolute Gasteiger partial charge is 0.318 e. The van der Waals surface area contributed by atoms with Crippen LogP contribution in [0, 0.1) is 5.92 Å². The van der Waals surface area contributed by atoms with Gasteiger partial charge >= 0.3 is 6.01 Å². The first kappa shape index (κ1) is 19.7. The van der Waals surface area contributed by atoms with Gasteiger partial charge in [-0.05, 0) is 57.1 Å². The molecule has 8 nitrogen and oxygen atoms in total. The monoisotopic (exact) mass is 399 g/mol. The molecular weight excluding hydrogens is 370 g/mol. The van der Waals surface area contributed by atoms with Gasteiger partial charge in [0.2, 0.25) is 11.8 Å². The molecule has 2 saturated heterocycles. The van der Waals surface area contributed by atoms with Crippen molar-refractivity contribution in [1.82, 2.24) is 20.0 Å². The highest BCUT2D eigenvalue weighted by Gasteiger charge is 2.30. The number of likely N-dealkylation sites (N-methyl/N-ethyl adjacent to an activating group) is 1. The van der Waals surface area contributed by atoms with E-state index in [0.717, 1.165) is 69.8 Å². The minimum absolute atomic E-state index is 0.0960. The number of rotatable bonds is 4. The zero-order chi connectivity index (χ0) is 20.2. The molecule has 0 unspecified atom stereocenters. The van der Waals surface area contributed by atoms with Gasteiger partial charge in [0.25, 0.3) is 0 Å². The normalized spacial score (nSPS) is 19.2. The van der Waals surface area contributed by atoms with Crippen LogP contribution in [0.3, 0.4) is 0 Å². The Morgan fingerprint density at radius 1 is 1.03 bits per heavy atom. The third-order valence-corrected chi connectivity index (χ3v) is 5.90. The van der Waals surface area contributed by atoms with Gasteiger partial charge < -0.3 is 23.9 Å². The predicted molar refractivity (Wildman–Crippen MR) is 110 cm³/mol. The second-order valence-electron chi connectivity index (χ2n) is 7.86. The van der Waals surface area contributed by atoms with E-state index in [9.17, 15) is 4.79 Å². The number of nitrogens with zero attached hydrogens (tertiary/aromatic N) is 5. The van der Waals surface area contributed by atoms with Crippen molar-refractivity contribution >= 4 is 11.9 Å². The average molecular weight is 399 g/mol. The third-order valence-electron chi connectivity index (χ3n) is 5.90. The maximum Gasteiger partial charge on any atom is 0.318 e. The molecule has 0 aliphatic carbocycles. The van der Waals surface area contributed by atoms with E-state index in [2.05, 4.69) is 31.9 Å². The molecule has 0 atom stereocenters. The van der Waals surface area contributed by atoms with E-state index in [-0.39, 0.29) is 5.92 Å². The summed E-state index contributed by atoms with van der Waals surface area (Å²) in [6, 6.07) is 8.07. The third kappa shape index (κ3) is 4.53. The van der Waals surface area contributed by atoms with Crippen molar-refractivity contribution in [3.8, 4) is 17.2 Å². The van der Waals surface area contributed by atoms with Gasteiger partial charge in [-0.25, -0.2) is 0 Å². The summed E-state index contributed by atoms with van der Waals surface area (Å²) in [5, 5.41) is 8.40. The van der Waals surface area contributed by atoms with Gasteiger partial charge in [0.1, 0.15) is 5.75 Å². The van der Waals surface area contributed by atoms with E-state index in [1.54, 1.807) is 7.11 Å². The highest BCUT2D eigenvalue weighted by molar-refractivity contribution is 5.79. The molecule has 156 valence electrons. The Morgan fingerprint density at radius 3 is 2.52 bits per heavy atom. The van der Waals surface area contributed by atoms with Gasteiger partial charge in [0.05, 0.1) is 7.11 Å². The summed E-state index contributed by atoms with van der Waals surface area (Å²) in [4.78, 5) is 19.4. The molecular formula is C21H29N5O3. The van der Waals surface area contributed by atoms with Gasteiger partial charge in [-0.15, -0.1) is 5.10 Å². The Bertz CT molecular complexity index is 814. The van der Waals surface area contributed by atoms with E-state index < -0.39 is 0 Å². The molecule has 0 saturated carbocycles. The molecule has 2 aromatic rings. The van der Waals surface area contributed by atoms with Gasteiger partial charge in [-0.2, -0.15) is 0 Å². The van der Waals surface area contributed by atoms with E-state index in [0.29, 0.717) is 17.8 Å². The fraction of sp³-hybridized carbons (Fsp3) is 0.571. The summed E-state index contributed by atoms with van der Waals surface area (Å²) in [5.74, 6) is 1.69. The number of amides is 1. The lowest BCUT2D eigenvalue weighted by atomic mass is 9.95. The molecule has 0 bridgehead atoms. The van der Waals surface area contributed by atoms with Crippen LogP contribution in [0.25, 0.3) is 11.5 Å². The Labute approximate surface area is 171 Å². The molecule has 0 N–H and O–H groups in total. The van der Waals surface area contributed by atoms with Crippen LogP contribution < -0.4 is 9.64 Å². The average Bonchev–Trinajstić information content (AvgIpc) is 3.16. The van der Waals surface area contributed by atoms with Crippen molar-refractivity contribution < 1.29 is 13.9 Å². The van der Waals surface area contributed by atoms with Gasteiger partial charge in [-0.1, -0.05) is 5.10 Å². The topological polar surface area (TPSA) is 74.9 Å². The fourth-order valence-corrected chi connectivity index (χ4v) is 4.04. The first-order valence-electron chi connectivity index (χ1n) is 10.3. The number of benzene rings is 1. The number of piperidine rings is 1. The molecule has 2 fully saturated rings. The van der Waals surface area contributed by atoms with Crippen LogP contribution in [-0.2, 0) is 4.79 Å². The van der Waals surface area contributed by atoms with E-state index in [1.165, 1.54) is 0 Å². The molecule has 0 radical (unpaired) electrons. The van der Waals surface area contributed by atoms with Crippen molar-refractivity contribution in [3.05, 3.63) is 24.3 Å². The standard InChI is InChI=1S/C21H29N5O3/c1-24-10-3-11-25(15-14-24)20(27)17-8-12-26(13-9-17)21-23-22-19(29-21)16-4-6-18(28-2)7-5-16/h4-7,17H,3,8-15H2,1-2H3. The maximum absolute atomic E-state index is 12.9. The Kier molecular flexibility index (Phi) is 5.99. The molecule has 4 rings (SSSR count). The van der Waals surface area contributed by atoms with Crippen LogP contribution in [-0.4, -0.2) is 79.3 Å². The maximum atomic E-state index is 12.9. The summed E-state index contributed by atoms with van der Waals surface area (Å²) in [6.45, 7) is 5.25. The lowest BCUT2D eigenvalue weighted by Crippen LogP contribution is -2.43. The molecule has 0 spiro atoms. The first-order valence-corrected chi connectivity index (χ1v) is 10.3. The van der Waals surface area contributed by atoms with Crippen LogP contribution in [0.5, 0.6) is 5.75 Å². The number of ether oxygens (including phenoxy) is 1. The number of anilines is 1. The Balaban J connectivity index is 1.33. The van der Waals surface area contributed by atoms with Crippen molar-refractivity contribution in [2.75, 3.05) is 58.3 Å². The van der Waals surface area contributed by atoms with Gasteiger partial charge in [-0.3, -0.25) is 4.79 Å². The lowest BCUT2D eigenvalue weighted by Gasteiger charge is -2.33. The minimum atomic E-state index is 0.0960. The van der Waals surface area contributed by atoms with Crippen molar-refractivity contribution in [2.45, 2.75) is 19.3 Å². The minimum Gasteiger partial charge on any atom is -0.497 e. The molecule has 29 heavy (non-hydrogen) atoms. The predicted octanol–water partition coefficient (Wildman–Crippen LogP) is 2.13.